The number of benzene rings is 2. The van der Waals surface area contributed by atoms with Crippen molar-refractivity contribution in [1.82, 2.24) is 9.78 Å². The molecule has 3 N–H and O–H groups in total. The fourth-order valence-electron chi connectivity index (χ4n) is 2.51. The molecule has 0 unspecified atom stereocenters. The zero-order valence-electron chi connectivity index (χ0n) is 14.3. The number of sulfonamides is 1. The summed E-state index contributed by atoms with van der Waals surface area (Å²) in [7, 11) is -4.05. The fourth-order valence-corrected chi connectivity index (χ4v) is 3.58. The van der Waals surface area contributed by atoms with Crippen molar-refractivity contribution in [2.45, 2.75) is 11.4 Å². The van der Waals surface area contributed by atoms with E-state index in [2.05, 4.69) is 16.5 Å². The van der Waals surface area contributed by atoms with Crippen molar-refractivity contribution in [2.24, 2.45) is 5.14 Å². The van der Waals surface area contributed by atoms with E-state index in [1.165, 1.54) is 18.3 Å². The molecule has 1 amide bonds. The molecule has 3 aromatic rings. The Bertz CT molecular complexity index is 1200. The molecule has 0 spiro atoms. The summed E-state index contributed by atoms with van der Waals surface area (Å²) in [5.74, 6) is -0.535. The summed E-state index contributed by atoms with van der Waals surface area (Å²) in [4.78, 5) is 12.1. The second-order valence-electron chi connectivity index (χ2n) is 5.88. The number of nitrogens with one attached hydrogen (secondary N) is 1. The van der Waals surface area contributed by atoms with Gasteiger partial charge in [0.2, 0.25) is 10.0 Å². The number of hydrogen-bond acceptors (Lipinski definition) is 5. The van der Waals surface area contributed by atoms with Crippen LogP contribution in [0.3, 0.4) is 0 Å². The average molecular weight is 416 g/mol. The SMILES string of the molecule is N#Cc1cccc(Cn2cc(NC(=O)c3ccc(Cl)c(S(N)(=O)=O)c3)cn2)c1. The Morgan fingerprint density at radius 2 is 2.07 bits per heavy atom. The molecule has 10 heteroatoms. The van der Waals surface area contributed by atoms with Crippen molar-refractivity contribution in [3.8, 4) is 6.07 Å². The summed E-state index contributed by atoms with van der Waals surface area (Å²) in [6.07, 6.45) is 3.08. The lowest BCUT2D eigenvalue weighted by molar-refractivity contribution is 0.102. The maximum atomic E-state index is 12.4. The Morgan fingerprint density at radius 3 is 2.79 bits per heavy atom. The van der Waals surface area contributed by atoms with Gasteiger partial charge in [0, 0.05) is 11.8 Å². The summed E-state index contributed by atoms with van der Waals surface area (Å²) in [6, 6.07) is 13.0. The monoisotopic (exact) mass is 415 g/mol. The lowest BCUT2D eigenvalue weighted by Gasteiger charge is -2.06. The zero-order chi connectivity index (χ0) is 20.3. The van der Waals surface area contributed by atoms with Crippen LogP contribution in [0.15, 0.2) is 59.8 Å². The van der Waals surface area contributed by atoms with E-state index in [9.17, 15) is 13.2 Å². The number of anilines is 1. The summed E-state index contributed by atoms with van der Waals surface area (Å²) in [5, 5.41) is 20.8. The molecular formula is C18H14ClN5O3S. The Morgan fingerprint density at radius 1 is 1.29 bits per heavy atom. The van der Waals surface area contributed by atoms with Gasteiger partial charge in [-0.1, -0.05) is 23.7 Å². The van der Waals surface area contributed by atoms with Gasteiger partial charge < -0.3 is 5.32 Å². The molecule has 1 heterocycles. The van der Waals surface area contributed by atoms with E-state index in [0.717, 1.165) is 11.6 Å². The van der Waals surface area contributed by atoms with E-state index < -0.39 is 15.9 Å². The Labute approximate surface area is 166 Å². The normalized spacial score (nSPS) is 11.0. The van der Waals surface area contributed by atoms with Crippen LogP contribution >= 0.6 is 11.6 Å². The van der Waals surface area contributed by atoms with Crippen LogP contribution in [0, 0.1) is 11.3 Å². The Kier molecular flexibility index (Phi) is 5.46. The number of rotatable bonds is 5. The molecule has 0 aliphatic heterocycles. The molecule has 0 saturated carbocycles. The summed E-state index contributed by atoms with van der Waals surface area (Å²) in [5.41, 5.74) is 1.94. The van der Waals surface area contributed by atoms with Gasteiger partial charge >= 0.3 is 0 Å². The second-order valence-corrected chi connectivity index (χ2v) is 7.82. The molecule has 0 aliphatic rings. The minimum Gasteiger partial charge on any atom is -0.319 e. The summed E-state index contributed by atoms with van der Waals surface area (Å²) >= 11 is 5.82. The smallest absolute Gasteiger partial charge is 0.255 e. The van der Waals surface area contributed by atoms with Crippen molar-refractivity contribution >= 4 is 33.2 Å². The molecule has 8 nitrogen and oxygen atoms in total. The first-order valence-corrected chi connectivity index (χ1v) is 9.84. The predicted molar refractivity (Wildman–Crippen MR) is 103 cm³/mol. The first kappa shape index (κ1) is 19.6. The number of primary sulfonamides is 1. The summed E-state index contributed by atoms with van der Waals surface area (Å²) in [6.45, 7) is 0.419. The highest BCUT2D eigenvalue weighted by Gasteiger charge is 2.17. The maximum Gasteiger partial charge on any atom is 0.255 e. The number of nitrogens with two attached hydrogens (primary N) is 1. The number of nitriles is 1. The van der Waals surface area contributed by atoms with Gasteiger partial charge in [0.15, 0.2) is 0 Å². The van der Waals surface area contributed by atoms with Gasteiger partial charge in [-0.3, -0.25) is 9.48 Å². The van der Waals surface area contributed by atoms with Crippen LogP contribution in [0.2, 0.25) is 5.02 Å². The standard InChI is InChI=1S/C18H14ClN5O3S/c19-16-5-4-14(7-17(16)28(21,26)27)18(25)23-15-9-22-24(11-15)10-13-3-1-2-12(6-13)8-20/h1-7,9,11H,10H2,(H,23,25)(H2,21,26,27). The van der Waals surface area contributed by atoms with Crippen molar-refractivity contribution < 1.29 is 13.2 Å². The number of hydrogen-bond donors (Lipinski definition) is 2. The quantitative estimate of drug-likeness (QED) is 0.660. The Hall–Kier alpha value is -3.19. The number of nitrogens with zero attached hydrogens (tertiary/aromatic N) is 3. The lowest BCUT2D eigenvalue weighted by atomic mass is 10.1. The van der Waals surface area contributed by atoms with E-state index >= 15 is 0 Å². The molecular weight excluding hydrogens is 402 g/mol. The second kappa shape index (κ2) is 7.82. The molecule has 0 saturated heterocycles. The van der Waals surface area contributed by atoms with Crippen molar-refractivity contribution in [3.63, 3.8) is 0 Å². The van der Waals surface area contributed by atoms with E-state index in [0.29, 0.717) is 17.8 Å². The Balaban J connectivity index is 1.75. The molecule has 28 heavy (non-hydrogen) atoms. The zero-order valence-corrected chi connectivity index (χ0v) is 15.9. The van der Waals surface area contributed by atoms with E-state index in [-0.39, 0.29) is 15.5 Å². The molecule has 3 rings (SSSR count). The highest BCUT2D eigenvalue weighted by molar-refractivity contribution is 7.89. The minimum absolute atomic E-state index is 0.0635. The van der Waals surface area contributed by atoms with E-state index in [4.69, 9.17) is 22.0 Å². The van der Waals surface area contributed by atoms with Gasteiger partial charge in [0.1, 0.15) is 4.90 Å². The van der Waals surface area contributed by atoms with Crippen molar-refractivity contribution in [3.05, 3.63) is 76.6 Å². The molecule has 0 radical (unpaired) electrons. The fraction of sp³-hybridized carbons (Fsp3) is 0.0556. The van der Waals surface area contributed by atoms with E-state index in [1.54, 1.807) is 29.1 Å². The molecule has 0 atom stereocenters. The van der Waals surface area contributed by atoms with Crippen LogP contribution in [0.5, 0.6) is 0 Å². The highest BCUT2D eigenvalue weighted by atomic mass is 35.5. The van der Waals surface area contributed by atoms with Crippen LogP contribution in [0.4, 0.5) is 5.69 Å². The predicted octanol–water partition coefficient (Wildman–Crippen LogP) is 2.36. The molecule has 2 aromatic carbocycles. The number of amides is 1. The largest absolute Gasteiger partial charge is 0.319 e. The van der Waals surface area contributed by atoms with Gasteiger partial charge in [-0.2, -0.15) is 10.4 Å². The number of aromatic nitrogens is 2. The highest BCUT2D eigenvalue weighted by Crippen LogP contribution is 2.22. The van der Waals surface area contributed by atoms with Crippen molar-refractivity contribution in [2.75, 3.05) is 5.32 Å². The third-order valence-corrected chi connectivity index (χ3v) is 5.18. The maximum absolute atomic E-state index is 12.4. The van der Waals surface area contributed by atoms with Gasteiger partial charge in [-0.15, -0.1) is 0 Å². The van der Waals surface area contributed by atoms with Gasteiger partial charge in [-0.05, 0) is 35.9 Å². The van der Waals surface area contributed by atoms with Crippen molar-refractivity contribution in [1.29, 1.82) is 5.26 Å². The summed E-state index contributed by atoms with van der Waals surface area (Å²) < 4.78 is 24.7. The van der Waals surface area contributed by atoms with Crippen LogP contribution in [0.1, 0.15) is 21.5 Å². The molecule has 142 valence electrons. The van der Waals surface area contributed by atoms with E-state index in [1.807, 2.05) is 6.07 Å². The number of carbonyl (C=O) groups excluding carboxylic acids is 1. The van der Waals surface area contributed by atoms with Crippen LogP contribution < -0.4 is 10.5 Å². The van der Waals surface area contributed by atoms with Crippen LogP contribution in [0.25, 0.3) is 0 Å². The molecule has 0 fully saturated rings. The van der Waals surface area contributed by atoms with Gasteiger partial charge in [0.25, 0.3) is 5.91 Å². The van der Waals surface area contributed by atoms with Crippen LogP contribution in [-0.2, 0) is 16.6 Å². The minimum atomic E-state index is -4.05. The molecule has 0 aliphatic carbocycles. The molecule has 0 bridgehead atoms. The van der Waals surface area contributed by atoms with Gasteiger partial charge in [-0.25, -0.2) is 13.6 Å². The molecule has 1 aromatic heterocycles. The van der Waals surface area contributed by atoms with Crippen LogP contribution in [-0.4, -0.2) is 24.1 Å². The topological polar surface area (TPSA) is 131 Å². The van der Waals surface area contributed by atoms with Gasteiger partial charge in [0.05, 0.1) is 35.1 Å². The number of halogens is 1. The third-order valence-electron chi connectivity index (χ3n) is 3.79. The first-order chi connectivity index (χ1) is 13.3. The lowest BCUT2D eigenvalue weighted by Crippen LogP contribution is -2.16. The first-order valence-electron chi connectivity index (χ1n) is 7.91. The number of carbonyl (C=O) groups is 1. The average Bonchev–Trinajstić information content (AvgIpc) is 3.08. The third kappa shape index (κ3) is 4.55.